The van der Waals surface area contributed by atoms with Crippen molar-refractivity contribution in [2.24, 2.45) is 10.9 Å². The molecule has 1 atom stereocenters. The van der Waals surface area contributed by atoms with E-state index in [0.29, 0.717) is 5.92 Å². The van der Waals surface area contributed by atoms with Gasteiger partial charge in [-0.2, -0.15) is 0 Å². The lowest BCUT2D eigenvalue weighted by Gasteiger charge is -2.14. The maximum atomic E-state index is 4.64. The molecule has 1 saturated carbocycles. The second-order valence-corrected chi connectivity index (χ2v) is 6.73. The van der Waals surface area contributed by atoms with Gasteiger partial charge in [0.05, 0.1) is 6.54 Å². The van der Waals surface area contributed by atoms with Gasteiger partial charge >= 0.3 is 0 Å². The highest BCUT2D eigenvalue weighted by Gasteiger charge is 2.35. The van der Waals surface area contributed by atoms with Gasteiger partial charge in [-0.05, 0) is 36.3 Å². The Bertz CT molecular complexity index is 463. The quantitative estimate of drug-likeness (QED) is 0.884. The number of nitrogens with one attached hydrogen (secondary N) is 1. The summed E-state index contributed by atoms with van der Waals surface area (Å²) in [6.07, 6.45) is 2.81. The van der Waals surface area contributed by atoms with Crippen LogP contribution in [-0.2, 0) is 0 Å². The van der Waals surface area contributed by atoms with Crippen molar-refractivity contribution in [3.05, 3.63) is 29.8 Å². The number of para-hydroxylation sites is 1. The fourth-order valence-electron chi connectivity index (χ4n) is 2.40. The van der Waals surface area contributed by atoms with Crippen molar-refractivity contribution in [1.82, 2.24) is 0 Å². The molecule has 1 aliphatic heterocycles. The first-order chi connectivity index (χ1) is 8.74. The lowest BCUT2D eigenvalue weighted by molar-refractivity contribution is 0.773. The van der Waals surface area contributed by atoms with Gasteiger partial charge in [0, 0.05) is 10.9 Å². The summed E-state index contributed by atoms with van der Waals surface area (Å²) >= 11 is 1.94. The zero-order chi connectivity index (χ0) is 12.5. The Hall–Kier alpha value is -0.960. The van der Waals surface area contributed by atoms with E-state index in [2.05, 4.69) is 48.4 Å². The van der Waals surface area contributed by atoms with Crippen LogP contribution in [0.4, 0.5) is 5.69 Å². The number of aliphatic imine (C=N–C) groups is 1. The molecule has 3 heteroatoms. The fraction of sp³-hybridized carbons (Fsp3) is 0.533. The number of amidine groups is 1. The molecule has 18 heavy (non-hydrogen) atoms. The van der Waals surface area contributed by atoms with Crippen molar-refractivity contribution in [3.8, 4) is 0 Å². The van der Waals surface area contributed by atoms with E-state index in [-0.39, 0.29) is 0 Å². The number of rotatable bonds is 3. The van der Waals surface area contributed by atoms with Crippen molar-refractivity contribution in [1.29, 1.82) is 0 Å². The van der Waals surface area contributed by atoms with Crippen molar-refractivity contribution in [3.63, 3.8) is 0 Å². The SMILES string of the molecule is CC(C)c1ccccc1NC1=NCC(C2CC2)S1. The molecule has 1 aliphatic carbocycles. The van der Waals surface area contributed by atoms with Crippen LogP contribution < -0.4 is 5.32 Å². The number of hydrogen-bond donors (Lipinski definition) is 1. The van der Waals surface area contributed by atoms with E-state index in [9.17, 15) is 0 Å². The zero-order valence-corrected chi connectivity index (χ0v) is 11.8. The Morgan fingerprint density at radius 3 is 2.78 bits per heavy atom. The molecular formula is C15H20N2S. The van der Waals surface area contributed by atoms with Gasteiger partial charge in [0.25, 0.3) is 0 Å². The highest BCUT2D eigenvalue weighted by Crippen LogP contribution is 2.42. The first-order valence-corrected chi connectivity index (χ1v) is 7.69. The van der Waals surface area contributed by atoms with Gasteiger partial charge in [-0.3, -0.25) is 4.99 Å². The van der Waals surface area contributed by atoms with Crippen LogP contribution in [-0.4, -0.2) is 17.0 Å². The smallest absolute Gasteiger partial charge is 0.161 e. The van der Waals surface area contributed by atoms with Gasteiger partial charge in [-0.15, -0.1) is 0 Å². The molecule has 1 aromatic rings. The standard InChI is InChI=1S/C15H20N2S/c1-10(2)12-5-3-4-6-13(12)17-15-16-9-14(18-15)11-7-8-11/h3-6,10-11,14H,7-9H2,1-2H3,(H,16,17). The molecule has 0 saturated heterocycles. The number of hydrogen-bond acceptors (Lipinski definition) is 3. The van der Waals surface area contributed by atoms with Gasteiger partial charge in [0.1, 0.15) is 0 Å². The molecule has 0 radical (unpaired) electrons. The minimum atomic E-state index is 0.542. The van der Waals surface area contributed by atoms with Gasteiger partial charge < -0.3 is 5.32 Å². The van der Waals surface area contributed by atoms with E-state index in [4.69, 9.17) is 0 Å². The van der Waals surface area contributed by atoms with Crippen LogP contribution in [0.2, 0.25) is 0 Å². The van der Waals surface area contributed by atoms with Crippen molar-refractivity contribution in [2.75, 3.05) is 11.9 Å². The van der Waals surface area contributed by atoms with Crippen LogP contribution in [0.5, 0.6) is 0 Å². The number of anilines is 1. The summed E-state index contributed by atoms with van der Waals surface area (Å²) < 4.78 is 0. The molecular weight excluding hydrogens is 240 g/mol. The second-order valence-electron chi connectivity index (χ2n) is 5.51. The summed E-state index contributed by atoms with van der Waals surface area (Å²) in [6.45, 7) is 5.47. The average molecular weight is 260 g/mol. The van der Waals surface area contributed by atoms with Gasteiger partial charge in [-0.25, -0.2) is 0 Å². The lowest BCUT2D eigenvalue weighted by Crippen LogP contribution is -2.10. The predicted molar refractivity (Wildman–Crippen MR) is 80.6 cm³/mol. The molecule has 0 aromatic heterocycles. The summed E-state index contributed by atoms with van der Waals surface area (Å²) in [5, 5.41) is 5.36. The number of benzene rings is 1. The first-order valence-electron chi connectivity index (χ1n) is 6.81. The molecule has 3 rings (SSSR count). The monoisotopic (exact) mass is 260 g/mol. The molecule has 0 amide bonds. The molecule has 2 nitrogen and oxygen atoms in total. The zero-order valence-electron chi connectivity index (χ0n) is 11.0. The van der Waals surface area contributed by atoms with E-state index in [0.717, 1.165) is 22.9 Å². The fourth-order valence-corrected chi connectivity index (χ4v) is 3.62. The van der Waals surface area contributed by atoms with Crippen LogP contribution in [0.15, 0.2) is 29.3 Å². The van der Waals surface area contributed by atoms with Crippen LogP contribution >= 0.6 is 11.8 Å². The third kappa shape index (κ3) is 2.56. The maximum absolute atomic E-state index is 4.64. The minimum Gasteiger partial charge on any atom is -0.335 e. The van der Waals surface area contributed by atoms with E-state index < -0.39 is 0 Å². The molecule has 0 spiro atoms. The molecule has 1 unspecified atom stereocenters. The van der Waals surface area contributed by atoms with E-state index in [1.807, 2.05) is 11.8 Å². The van der Waals surface area contributed by atoms with E-state index in [1.165, 1.54) is 24.1 Å². The van der Waals surface area contributed by atoms with Gasteiger partial charge in [-0.1, -0.05) is 43.8 Å². The third-order valence-electron chi connectivity index (χ3n) is 3.65. The third-order valence-corrected chi connectivity index (χ3v) is 4.94. The van der Waals surface area contributed by atoms with E-state index >= 15 is 0 Å². The highest BCUT2D eigenvalue weighted by molar-refractivity contribution is 8.15. The Kier molecular flexibility index (Phi) is 3.33. The minimum absolute atomic E-state index is 0.542. The summed E-state index contributed by atoms with van der Waals surface area (Å²) in [7, 11) is 0. The second kappa shape index (κ2) is 4.96. The molecule has 2 aliphatic rings. The maximum Gasteiger partial charge on any atom is 0.161 e. The average Bonchev–Trinajstić information content (AvgIpc) is 3.11. The molecule has 1 aromatic carbocycles. The van der Waals surface area contributed by atoms with Gasteiger partial charge in [0.2, 0.25) is 0 Å². The Balaban J connectivity index is 1.69. The van der Waals surface area contributed by atoms with E-state index in [1.54, 1.807) is 0 Å². The van der Waals surface area contributed by atoms with Gasteiger partial charge in [0.15, 0.2) is 5.17 Å². The molecule has 1 fully saturated rings. The van der Waals surface area contributed by atoms with Crippen LogP contribution in [0, 0.1) is 5.92 Å². The van der Waals surface area contributed by atoms with Crippen molar-refractivity contribution in [2.45, 2.75) is 37.9 Å². The largest absolute Gasteiger partial charge is 0.335 e. The van der Waals surface area contributed by atoms with Crippen molar-refractivity contribution >= 4 is 22.6 Å². The highest BCUT2D eigenvalue weighted by atomic mass is 32.2. The molecule has 1 N–H and O–H groups in total. The normalized spacial score (nSPS) is 23.3. The predicted octanol–water partition coefficient (Wildman–Crippen LogP) is 4.10. The molecule has 0 bridgehead atoms. The summed E-state index contributed by atoms with van der Waals surface area (Å²) in [5.74, 6) is 1.47. The summed E-state index contributed by atoms with van der Waals surface area (Å²) in [4.78, 5) is 4.64. The first kappa shape index (κ1) is 12.1. The lowest BCUT2D eigenvalue weighted by atomic mass is 10.0. The number of thioether (sulfide) groups is 1. The summed E-state index contributed by atoms with van der Waals surface area (Å²) in [5.41, 5.74) is 2.59. The van der Waals surface area contributed by atoms with Crippen molar-refractivity contribution < 1.29 is 0 Å². The Morgan fingerprint density at radius 2 is 2.06 bits per heavy atom. The Morgan fingerprint density at radius 1 is 1.28 bits per heavy atom. The topological polar surface area (TPSA) is 24.4 Å². The van der Waals surface area contributed by atoms with Crippen LogP contribution in [0.3, 0.4) is 0 Å². The Labute approximate surface area is 113 Å². The number of nitrogens with zero attached hydrogens (tertiary/aromatic N) is 1. The summed E-state index contributed by atoms with van der Waals surface area (Å²) in [6, 6.07) is 8.55. The van der Waals surface area contributed by atoms with Crippen LogP contribution in [0.25, 0.3) is 0 Å². The van der Waals surface area contributed by atoms with Crippen LogP contribution in [0.1, 0.15) is 38.2 Å². The molecule has 1 heterocycles. The molecule has 96 valence electrons.